The number of amides is 1. The lowest BCUT2D eigenvalue weighted by Crippen LogP contribution is -2.49. The second kappa shape index (κ2) is 9.14. The van der Waals surface area contributed by atoms with E-state index < -0.39 is 0 Å². The minimum atomic E-state index is 0.218. The second-order valence-electron chi connectivity index (χ2n) is 6.99. The van der Waals surface area contributed by atoms with Gasteiger partial charge < -0.3 is 14.5 Å². The first kappa shape index (κ1) is 19.6. The normalized spacial score (nSPS) is 14.3. The van der Waals surface area contributed by atoms with Crippen LogP contribution in [0, 0.1) is 13.8 Å². The monoisotopic (exact) mass is 386 g/mol. The molecule has 2 aromatic carbocycles. The minimum absolute atomic E-state index is 0.218. The summed E-state index contributed by atoms with van der Waals surface area (Å²) < 4.78 is 5.66. The molecule has 0 radical (unpaired) electrons. The van der Waals surface area contributed by atoms with Gasteiger partial charge in [0.2, 0.25) is 5.91 Å². The SMILES string of the molecule is Cc1cccc(N2CCN(C(=O)CCCOc3ccc(Cl)cc3)CC2)c1C. The van der Waals surface area contributed by atoms with Crippen LogP contribution in [-0.2, 0) is 4.79 Å². The number of nitrogens with zero attached hydrogens (tertiary/aromatic N) is 2. The van der Waals surface area contributed by atoms with E-state index in [2.05, 4.69) is 36.9 Å². The highest BCUT2D eigenvalue weighted by molar-refractivity contribution is 6.30. The Balaban J connectivity index is 1.40. The van der Waals surface area contributed by atoms with E-state index >= 15 is 0 Å². The number of piperazine rings is 1. The van der Waals surface area contributed by atoms with Crippen molar-refractivity contribution in [3.8, 4) is 5.75 Å². The van der Waals surface area contributed by atoms with Crippen molar-refractivity contribution >= 4 is 23.2 Å². The number of hydrogen-bond acceptors (Lipinski definition) is 3. The first-order valence-electron chi connectivity index (χ1n) is 9.52. The summed E-state index contributed by atoms with van der Waals surface area (Å²) in [5.41, 5.74) is 3.93. The third-order valence-electron chi connectivity index (χ3n) is 5.17. The van der Waals surface area contributed by atoms with E-state index in [1.807, 2.05) is 17.0 Å². The number of carbonyl (C=O) groups excluding carboxylic acids is 1. The van der Waals surface area contributed by atoms with Crippen molar-refractivity contribution < 1.29 is 9.53 Å². The molecule has 0 saturated carbocycles. The van der Waals surface area contributed by atoms with Crippen LogP contribution in [0.2, 0.25) is 5.02 Å². The zero-order chi connectivity index (χ0) is 19.2. The van der Waals surface area contributed by atoms with Crippen molar-refractivity contribution in [3.05, 3.63) is 58.6 Å². The van der Waals surface area contributed by atoms with Crippen LogP contribution in [0.1, 0.15) is 24.0 Å². The van der Waals surface area contributed by atoms with Crippen molar-refractivity contribution in [2.75, 3.05) is 37.7 Å². The van der Waals surface area contributed by atoms with Gasteiger partial charge in [0.15, 0.2) is 0 Å². The smallest absolute Gasteiger partial charge is 0.222 e. The Labute approximate surface area is 166 Å². The maximum Gasteiger partial charge on any atom is 0.222 e. The summed E-state index contributed by atoms with van der Waals surface area (Å²) in [7, 11) is 0. The molecule has 1 fully saturated rings. The maximum absolute atomic E-state index is 12.5. The Hall–Kier alpha value is -2.20. The highest BCUT2D eigenvalue weighted by atomic mass is 35.5. The van der Waals surface area contributed by atoms with Crippen LogP contribution in [0.25, 0.3) is 0 Å². The number of benzene rings is 2. The van der Waals surface area contributed by atoms with Gasteiger partial charge in [-0.3, -0.25) is 4.79 Å². The molecule has 0 aliphatic carbocycles. The Morgan fingerprint density at radius 2 is 1.74 bits per heavy atom. The molecule has 5 heteroatoms. The Kier molecular flexibility index (Phi) is 6.62. The number of halogens is 1. The van der Waals surface area contributed by atoms with E-state index in [1.165, 1.54) is 16.8 Å². The number of aryl methyl sites for hydroxylation is 1. The van der Waals surface area contributed by atoms with Gasteiger partial charge >= 0.3 is 0 Å². The summed E-state index contributed by atoms with van der Waals surface area (Å²) in [5.74, 6) is 1.00. The van der Waals surface area contributed by atoms with Gasteiger partial charge in [0.05, 0.1) is 6.61 Å². The van der Waals surface area contributed by atoms with Crippen molar-refractivity contribution in [2.45, 2.75) is 26.7 Å². The third kappa shape index (κ3) is 5.16. The standard InChI is InChI=1S/C22H27ClN2O2/c1-17-5-3-6-21(18(17)2)24-12-14-25(15-13-24)22(26)7-4-16-27-20-10-8-19(23)9-11-20/h3,5-6,8-11H,4,7,12-16H2,1-2H3. The molecule has 3 rings (SSSR count). The molecule has 1 amide bonds. The van der Waals surface area contributed by atoms with Gasteiger partial charge in [-0.05, 0) is 61.7 Å². The van der Waals surface area contributed by atoms with E-state index in [9.17, 15) is 4.79 Å². The van der Waals surface area contributed by atoms with Gasteiger partial charge in [0.1, 0.15) is 5.75 Å². The molecule has 1 aliphatic rings. The Bertz CT molecular complexity index is 768. The summed E-state index contributed by atoms with van der Waals surface area (Å²) in [6.45, 7) is 8.19. The Morgan fingerprint density at radius 1 is 1.04 bits per heavy atom. The minimum Gasteiger partial charge on any atom is -0.494 e. The summed E-state index contributed by atoms with van der Waals surface area (Å²) >= 11 is 5.86. The molecule has 0 aromatic heterocycles. The van der Waals surface area contributed by atoms with Crippen LogP contribution in [0.3, 0.4) is 0 Å². The van der Waals surface area contributed by atoms with Crippen molar-refractivity contribution in [1.29, 1.82) is 0 Å². The highest BCUT2D eigenvalue weighted by Crippen LogP contribution is 2.24. The second-order valence-corrected chi connectivity index (χ2v) is 7.43. The molecule has 2 aromatic rings. The third-order valence-corrected chi connectivity index (χ3v) is 5.42. The number of rotatable bonds is 6. The molecule has 27 heavy (non-hydrogen) atoms. The molecular weight excluding hydrogens is 360 g/mol. The fraction of sp³-hybridized carbons (Fsp3) is 0.409. The summed E-state index contributed by atoms with van der Waals surface area (Å²) in [4.78, 5) is 16.8. The lowest BCUT2D eigenvalue weighted by Gasteiger charge is -2.37. The molecular formula is C22H27ClN2O2. The van der Waals surface area contributed by atoms with Crippen molar-refractivity contribution in [3.63, 3.8) is 0 Å². The van der Waals surface area contributed by atoms with Gasteiger partial charge in [-0.25, -0.2) is 0 Å². The fourth-order valence-electron chi connectivity index (χ4n) is 3.38. The highest BCUT2D eigenvalue weighted by Gasteiger charge is 2.21. The van der Waals surface area contributed by atoms with Gasteiger partial charge in [0.25, 0.3) is 0 Å². The van der Waals surface area contributed by atoms with Crippen LogP contribution in [0.4, 0.5) is 5.69 Å². The molecule has 0 spiro atoms. The average Bonchev–Trinajstić information content (AvgIpc) is 2.69. The van der Waals surface area contributed by atoms with E-state index in [1.54, 1.807) is 12.1 Å². The summed E-state index contributed by atoms with van der Waals surface area (Å²) in [6, 6.07) is 13.7. The van der Waals surface area contributed by atoms with Crippen molar-refractivity contribution in [2.24, 2.45) is 0 Å². The van der Waals surface area contributed by atoms with E-state index in [0.717, 1.165) is 38.3 Å². The molecule has 1 saturated heterocycles. The maximum atomic E-state index is 12.5. The average molecular weight is 387 g/mol. The predicted octanol–water partition coefficient (Wildman–Crippen LogP) is 4.46. The quantitative estimate of drug-likeness (QED) is 0.687. The zero-order valence-electron chi connectivity index (χ0n) is 16.1. The van der Waals surface area contributed by atoms with Crippen molar-refractivity contribution in [1.82, 2.24) is 4.90 Å². The molecule has 1 heterocycles. The molecule has 4 nitrogen and oxygen atoms in total. The molecule has 0 N–H and O–H groups in total. The fourth-order valence-corrected chi connectivity index (χ4v) is 3.50. The van der Waals surface area contributed by atoms with Crippen LogP contribution in [0.15, 0.2) is 42.5 Å². The van der Waals surface area contributed by atoms with Crippen LogP contribution in [0.5, 0.6) is 5.75 Å². The first-order chi connectivity index (χ1) is 13.0. The molecule has 0 unspecified atom stereocenters. The number of anilines is 1. The van der Waals surface area contributed by atoms with E-state index in [0.29, 0.717) is 18.1 Å². The lowest BCUT2D eigenvalue weighted by molar-refractivity contribution is -0.131. The van der Waals surface area contributed by atoms with E-state index in [-0.39, 0.29) is 5.91 Å². The first-order valence-corrected chi connectivity index (χ1v) is 9.89. The molecule has 0 atom stereocenters. The van der Waals surface area contributed by atoms with Gasteiger partial charge in [-0.1, -0.05) is 23.7 Å². The van der Waals surface area contributed by atoms with Gasteiger partial charge in [-0.2, -0.15) is 0 Å². The van der Waals surface area contributed by atoms with Crippen LogP contribution in [-0.4, -0.2) is 43.6 Å². The topological polar surface area (TPSA) is 32.8 Å². The predicted molar refractivity (Wildman–Crippen MR) is 111 cm³/mol. The molecule has 0 bridgehead atoms. The number of carbonyl (C=O) groups is 1. The van der Waals surface area contributed by atoms with Gasteiger partial charge in [-0.15, -0.1) is 0 Å². The van der Waals surface area contributed by atoms with Crippen LogP contribution >= 0.6 is 11.6 Å². The van der Waals surface area contributed by atoms with E-state index in [4.69, 9.17) is 16.3 Å². The lowest BCUT2D eigenvalue weighted by atomic mass is 10.1. The Morgan fingerprint density at radius 3 is 2.44 bits per heavy atom. The molecule has 1 aliphatic heterocycles. The zero-order valence-corrected chi connectivity index (χ0v) is 16.8. The number of hydrogen-bond donors (Lipinski definition) is 0. The summed E-state index contributed by atoms with van der Waals surface area (Å²) in [6.07, 6.45) is 1.25. The molecule has 144 valence electrons. The number of ether oxygens (including phenoxy) is 1. The largest absolute Gasteiger partial charge is 0.494 e. The van der Waals surface area contributed by atoms with Gasteiger partial charge in [0, 0.05) is 43.3 Å². The van der Waals surface area contributed by atoms with Crippen LogP contribution < -0.4 is 9.64 Å². The summed E-state index contributed by atoms with van der Waals surface area (Å²) in [5, 5.41) is 0.692.